The van der Waals surface area contributed by atoms with Gasteiger partial charge in [-0.1, -0.05) is 62.7 Å². The summed E-state index contributed by atoms with van der Waals surface area (Å²) in [6, 6.07) is 16.3. The highest BCUT2D eigenvalue weighted by atomic mass is 16.5. The molecular formula is C31H42O6. The minimum atomic E-state index is -0.993. The number of rotatable bonds is 16. The second-order valence-corrected chi connectivity index (χ2v) is 10.3. The zero-order chi connectivity index (χ0) is 27.3. The first kappa shape index (κ1) is 30.1. The van der Waals surface area contributed by atoms with Crippen LogP contribution in [0, 0.1) is 11.3 Å². The lowest BCUT2D eigenvalue weighted by Gasteiger charge is -2.23. The Kier molecular flexibility index (Phi) is 12.4. The van der Waals surface area contributed by atoms with Crippen LogP contribution in [-0.4, -0.2) is 36.9 Å². The molecular weight excluding hydrogens is 468 g/mol. The fourth-order valence-corrected chi connectivity index (χ4v) is 3.54. The molecule has 6 heteroatoms. The van der Waals surface area contributed by atoms with Crippen molar-refractivity contribution in [2.45, 2.75) is 66.4 Å². The second kappa shape index (κ2) is 15.2. The lowest BCUT2D eigenvalue weighted by atomic mass is 9.95. The third kappa shape index (κ3) is 10.8. The van der Waals surface area contributed by atoms with E-state index in [1.54, 1.807) is 20.8 Å². The molecule has 2 aromatic rings. The summed E-state index contributed by atoms with van der Waals surface area (Å²) in [5.41, 5.74) is 2.79. The average molecular weight is 511 g/mol. The molecule has 0 saturated heterocycles. The summed E-state index contributed by atoms with van der Waals surface area (Å²) in [5.74, 6) is -0.463. The van der Waals surface area contributed by atoms with Crippen LogP contribution in [0.15, 0.2) is 60.7 Å². The van der Waals surface area contributed by atoms with Crippen molar-refractivity contribution in [2.24, 2.45) is 11.3 Å². The normalized spacial score (nSPS) is 12.0. The van der Waals surface area contributed by atoms with E-state index in [0.29, 0.717) is 18.6 Å². The number of esters is 2. The van der Waals surface area contributed by atoms with Crippen LogP contribution in [0.1, 0.15) is 63.6 Å². The molecule has 1 unspecified atom stereocenters. The summed E-state index contributed by atoms with van der Waals surface area (Å²) in [5, 5.41) is 9.40. The number of hydrogen-bond acceptors (Lipinski definition) is 6. The van der Waals surface area contributed by atoms with E-state index in [4.69, 9.17) is 14.2 Å². The van der Waals surface area contributed by atoms with Gasteiger partial charge in [0.15, 0.2) is 0 Å². The van der Waals surface area contributed by atoms with E-state index in [2.05, 4.69) is 37.8 Å². The third-order valence-corrected chi connectivity index (χ3v) is 6.14. The van der Waals surface area contributed by atoms with Crippen LogP contribution in [0.5, 0.6) is 5.75 Å². The molecule has 0 spiro atoms. The molecule has 1 N–H and O–H groups in total. The summed E-state index contributed by atoms with van der Waals surface area (Å²) < 4.78 is 16.7. The smallest absolute Gasteiger partial charge is 0.333 e. The number of hydrogen-bond donors (Lipinski definition) is 1. The predicted molar refractivity (Wildman–Crippen MR) is 145 cm³/mol. The van der Waals surface area contributed by atoms with Gasteiger partial charge in [-0.3, -0.25) is 4.79 Å². The fraction of sp³-hybridized carbons (Fsp3) is 0.484. The number of aliphatic hydroxyl groups is 1. The van der Waals surface area contributed by atoms with Crippen LogP contribution < -0.4 is 4.74 Å². The van der Waals surface area contributed by atoms with Gasteiger partial charge in [-0.2, -0.15) is 0 Å². The summed E-state index contributed by atoms with van der Waals surface area (Å²) in [6.45, 7) is 11.0. The SMILES string of the molecule is C=C(C)C(=O)OCC(COC(=O)C(C)(C)CO)Cc1ccc(OCc2ccc(CCCCC)cc2)cc1. The first-order valence-electron chi connectivity index (χ1n) is 13.0. The van der Waals surface area contributed by atoms with Crippen molar-refractivity contribution in [2.75, 3.05) is 19.8 Å². The first-order chi connectivity index (χ1) is 17.6. The van der Waals surface area contributed by atoms with Gasteiger partial charge in [0.2, 0.25) is 0 Å². The van der Waals surface area contributed by atoms with Gasteiger partial charge in [0.1, 0.15) is 12.4 Å². The molecule has 202 valence electrons. The van der Waals surface area contributed by atoms with Crippen LogP contribution in [0.4, 0.5) is 0 Å². The Morgan fingerprint density at radius 2 is 1.51 bits per heavy atom. The Labute approximate surface area is 221 Å². The van der Waals surface area contributed by atoms with Gasteiger partial charge < -0.3 is 19.3 Å². The van der Waals surface area contributed by atoms with Crippen molar-refractivity contribution >= 4 is 11.9 Å². The number of carbonyl (C=O) groups excluding carboxylic acids is 2. The van der Waals surface area contributed by atoms with E-state index < -0.39 is 17.4 Å². The number of aryl methyl sites for hydroxylation is 1. The molecule has 1 atom stereocenters. The van der Waals surface area contributed by atoms with Crippen molar-refractivity contribution in [1.82, 2.24) is 0 Å². The summed E-state index contributed by atoms with van der Waals surface area (Å²) in [6.07, 6.45) is 5.36. The van der Waals surface area contributed by atoms with E-state index in [0.717, 1.165) is 23.3 Å². The molecule has 0 aliphatic rings. The van der Waals surface area contributed by atoms with Crippen molar-refractivity contribution in [1.29, 1.82) is 0 Å². The summed E-state index contributed by atoms with van der Waals surface area (Å²) >= 11 is 0. The third-order valence-electron chi connectivity index (χ3n) is 6.14. The van der Waals surface area contributed by atoms with Gasteiger partial charge in [0.05, 0.1) is 25.2 Å². The standard InChI is InChI=1S/C31H42O6/c1-6-7-8-9-24-10-12-26(13-11-24)19-35-28-16-14-25(15-17-28)18-27(20-36-29(33)23(2)3)21-37-30(34)31(4,5)22-32/h10-17,27,32H,2,6-9,18-22H2,1,3-5H3. The maximum Gasteiger partial charge on any atom is 0.333 e. The van der Waals surface area contributed by atoms with Gasteiger partial charge in [0, 0.05) is 11.5 Å². The molecule has 0 fully saturated rings. The second-order valence-electron chi connectivity index (χ2n) is 10.3. The van der Waals surface area contributed by atoms with Crippen molar-refractivity contribution in [3.63, 3.8) is 0 Å². The minimum Gasteiger partial charge on any atom is -0.489 e. The Hall–Kier alpha value is -3.12. The molecule has 37 heavy (non-hydrogen) atoms. The van der Waals surface area contributed by atoms with Gasteiger partial charge in [0.25, 0.3) is 0 Å². The van der Waals surface area contributed by atoms with Crippen LogP contribution >= 0.6 is 0 Å². The van der Waals surface area contributed by atoms with E-state index in [9.17, 15) is 14.7 Å². The summed E-state index contributed by atoms with van der Waals surface area (Å²) in [4.78, 5) is 24.2. The van der Waals surface area contributed by atoms with E-state index in [-0.39, 0.29) is 25.7 Å². The number of benzene rings is 2. The molecule has 2 rings (SSSR count). The lowest BCUT2D eigenvalue weighted by Crippen LogP contribution is -2.32. The zero-order valence-electron chi connectivity index (χ0n) is 22.8. The Balaban J connectivity index is 1.93. The molecule has 0 aliphatic carbocycles. The quantitative estimate of drug-likeness (QED) is 0.174. The highest BCUT2D eigenvalue weighted by Gasteiger charge is 2.29. The highest BCUT2D eigenvalue weighted by Crippen LogP contribution is 2.20. The van der Waals surface area contributed by atoms with Crippen LogP contribution in [0.25, 0.3) is 0 Å². The molecule has 0 heterocycles. The fourth-order valence-electron chi connectivity index (χ4n) is 3.54. The number of aliphatic hydroxyl groups excluding tert-OH is 1. The maximum atomic E-state index is 12.3. The first-order valence-corrected chi connectivity index (χ1v) is 13.0. The van der Waals surface area contributed by atoms with Crippen LogP contribution in [-0.2, 0) is 38.5 Å². The van der Waals surface area contributed by atoms with Gasteiger partial charge >= 0.3 is 11.9 Å². The van der Waals surface area contributed by atoms with Crippen LogP contribution in [0.2, 0.25) is 0 Å². The molecule has 0 saturated carbocycles. The van der Waals surface area contributed by atoms with E-state index in [1.165, 1.54) is 24.8 Å². The number of carbonyl (C=O) groups is 2. The van der Waals surface area contributed by atoms with Gasteiger partial charge in [-0.25, -0.2) is 4.79 Å². The Bertz CT molecular complexity index is 991. The summed E-state index contributed by atoms with van der Waals surface area (Å²) in [7, 11) is 0. The lowest BCUT2D eigenvalue weighted by molar-refractivity contribution is -0.158. The molecule has 0 radical (unpaired) electrons. The van der Waals surface area contributed by atoms with Gasteiger partial charge in [-0.15, -0.1) is 0 Å². The number of ether oxygens (including phenoxy) is 3. The number of unbranched alkanes of at least 4 members (excludes halogenated alkanes) is 2. The Morgan fingerprint density at radius 3 is 2.11 bits per heavy atom. The predicted octanol–water partition coefficient (Wildman–Crippen LogP) is 5.84. The monoisotopic (exact) mass is 510 g/mol. The van der Waals surface area contributed by atoms with Crippen molar-refractivity contribution in [3.05, 3.63) is 77.4 Å². The molecule has 0 amide bonds. The average Bonchev–Trinajstić information content (AvgIpc) is 2.90. The maximum absolute atomic E-state index is 12.3. The molecule has 2 aromatic carbocycles. The van der Waals surface area contributed by atoms with E-state index in [1.807, 2.05) is 24.3 Å². The van der Waals surface area contributed by atoms with Crippen molar-refractivity contribution in [3.8, 4) is 5.75 Å². The van der Waals surface area contributed by atoms with Crippen molar-refractivity contribution < 1.29 is 28.9 Å². The largest absolute Gasteiger partial charge is 0.489 e. The highest BCUT2D eigenvalue weighted by molar-refractivity contribution is 5.86. The molecule has 0 aromatic heterocycles. The molecule has 0 aliphatic heterocycles. The topological polar surface area (TPSA) is 82.1 Å². The molecule has 0 bridgehead atoms. The van der Waals surface area contributed by atoms with Gasteiger partial charge in [-0.05, 0) is 68.9 Å². The molecule has 6 nitrogen and oxygen atoms in total. The minimum absolute atomic E-state index is 0.0679. The van der Waals surface area contributed by atoms with Crippen LogP contribution in [0.3, 0.4) is 0 Å². The van der Waals surface area contributed by atoms with E-state index >= 15 is 0 Å². The zero-order valence-corrected chi connectivity index (χ0v) is 22.8. The Morgan fingerprint density at radius 1 is 0.919 bits per heavy atom.